The van der Waals surface area contributed by atoms with Crippen molar-refractivity contribution in [1.29, 1.82) is 0 Å². The van der Waals surface area contributed by atoms with Crippen molar-refractivity contribution in [2.24, 2.45) is 5.92 Å². The SMILES string of the molecule is CC(NC(=O)C(C)N1CCCC(CO)C1)c1ccc(Cl)cc1. The molecule has 1 heterocycles. The molecule has 4 nitrogen and oxygen atoms in total. The zero-order valence-electron chi connectivity index (χ0n) is 13.3. The molecule has 1 aliphatic heterocycles. The predicted octanol–water partition coefficient (Wildman–Crippen LogP) is 2.61. The van der Waals surface area contributed by atoms with Gasteiger partial charge in [-0.3, -0.25) is 9.69 Å². The minimum atomic E-state index is -0.177. The molecule has 3 atom stereocenters. The van der Waals surface area contributed by atoms with Crippen molar-refractivity contribution in [2.75, 3.05) is 19.7 Å². The van der Waals surface area contributed by atoms with Crippen LogP contribution < -0.4 is 5.32 Å². The maximum atomic E-state index is 12.4. The molecule has 2 rings (SSSR count). The van der Waals surface area contributed by atoms with Crippen LogP contribution in [0.2, 0.25) is 5.02 Å². The largest absolute Gasteiger partial charge is 0.396 e. The van der Waals surface area contributed by atoms with Gasteiger partial charge in [-0.05, 0) is 56.8 Å². The predicted molar refractivity (Wildman–Crippen MR) is 88.9 cm³/mol. The van der Waals surface area contributed by atoms with Gasteiger partial charge in [0.2, 0.25) is 5.91 Å². The van der Waals surface area contributed by atoms with Crippen LogP contribution in [0.25, 0.3) is 0 Å². The Bertz CT molecular complexity index is 492. The number of halogens is 1. The summed E-state index contributed by atoms with van der Waals surface area (Å²) in [6.07, 6.45) is 2.08. The molecular formula is C17H25ClN2O2. The number of amides is 1. The summed E-state index contributed by atoms with van der Waals surface area (Å²) >= 11 is 5.89. The van der Waals surface area contributed by atoms with Gasteiger partial charge in [0.05, 0.1) is 12.1 Å². The lowest BCUT2D eigenvalue weighted by atomic mass is 9.97. The van der Waals surface area contributed by atoms with Crippen LogP contribution in [-0.2, 0) is 4.79 Å². The Morgan fingerprint density at radius 3 is 2.73 bits per heavy atom. The monoisotopic (exact) mass is 324 g/mol. The van der Waals surface area contributed by atoms with Gasteiger partial charge in [0.1, 0.15) is 0 Å². The number of piperidine rings is 1. The van der Waals surface area contributed by atoms with Gasteiger partial charge >= 0.3 is 0 Å². The summed E-state index contributed by atoms with van der Waals surface area (Å²) in [6.45, 7) is 5.82. The summed E-state index contributed by atoms with van der Waals surface area (Å²) < 4.78 is 0. The molecular weight excluding hydrogens is 300 g/mol. The molecule has 122 valence electrons. The number of carbonyl (C=O) groups excluding carboxylic acids is 1. The zero-order chi connectivity index (χ0) is 16.1. The average molecular weight is 325 g/mol. The first-order valence-corrected chi connectivity index (χ1v) is 8.29. The van der Waals surface area contributed by atoms with Gasteiger partial charge in [0.25, 0.3) is 0 Å². The van der Waals surface area contributed by atoms with Crippen LogP contribution in [0.5, 0.6) is 0 Å². The number of likely N-dealkylation sites (tertiary alicyclic amines) is 1. The van der Waals surface area contributed by atoms with Gasteiger partial charge in [0.15, 0.2) is 0 Å². The van der Waals surface area contributed by atoms with Crippen LogP contribution in [-0.4, -0.2) is 41.7 Å². The summed E-state index contributed by atoms with van der Waals surface area (Å²) in [5.41, 5.74) is 1.04. The quantitative estimate of drug-likeness (QED) is 0.875. The summed E-state index contributed by atoms with van der Waals surface area (Å²) in [5.74, 6) is 0.318. The second-order valence-electron chi connectivity index (χ2n) is 6.14. The number of aliphatic hydroxyl groups is 1. The number of hydrogen-bond donors (Lipinski definition) is 2. The van der Waals surface area contributed by atoms with E-state index >= 15 is 0 Å². The van der Waals surface area contributed by atoms with E-state index in [1.165, 1.54) is 0 Å². The second-order valence-corrected chi connectivity index (χ2v) is 6.58. The van der Waals surface area contributed by atoms with Crippen molar-refractivity contribution in [1.82, 2.24) is 10.2 Å². The van der Waals surface area contributed by atoms with Crippen LogP contribution >= 0.6 is 11.6 Å². The molecule has 1 aliphatic rings. The van der Waals surface area contributed by atoms with Crippen molar-refractivity contribution in [3.05, 3.63) is 34.9 Å². The molecule has 0 aromatic heterocycles. The van der Waals surface area contributed by atoms with E-state index in [1.54, 1.807) is 0 Å². The van der Waals surface area contributed by atoms with Crippen LogP contribution in [0.4, 0.5) is 0 Å². The Morgan fingerprint density at radius 2 is 2.09 bits per heavy atom. The van der Waals surface area contributed by atoms with E-state index in [4.69, 9.17) is 11.6 Å². The number of nitrogens with zero attached hydrogens (tertiary/aromatic N) is 1. The van der Waals surface area contributed by atoms with Crippen molar-refractivity contribution >= 4 is 17.5 Å². The number of nitrogens with one attached hydrogen (secondary N) is 1. The Kier molecular flexibility index (Phi) is 6.24. The summed E-state index contributed by atoms with van der Waals surface area (Å²) in [7, 11) is 0. The van der Waals surface area contributed by atoms with Gasteiger partial charge in [-0.25, -0.2) is 0 Å². The van der Waals surface area contributed by atoms with E-state index in [1.807, 2.05) is 38.1 Å². The number of carbonyl (C=O) groups is 1. The van der Waals surface area contributed by atoms with E-state index in [-0.39, 0.29) is 30.5 Å². The fourth-order valence-corrected chi connectivity index (χ4v) is 3.06. The zero-order valence-corrected chi connectivity index (χ0v) is 14.0. The molecule has 0 bridgehead atoms. The summed E-state index contributed by atoms with van der Waals surface area (Å²) in [4.78, 5) is 14.6. The fraction of sp³-hybridized carbons (Fsp3) is 0.588. The van der Waals surface area contributed by atoms with Gasteiger partial charge < -0.3 is 10.4 Å². The van der Waals surface area contributed by atoms with E-state index in [0.717, 1.165) is 31.5 Å². The molecule has 1 fully saturated rings. The first-order chi connectivity index (χ1) is 10.5. The first-order valence-electron chi connectivity index (χ1n) is 7.92. The first kappa shape index (κ1) is 17.3. The van der Waals surface area contributed by atoms with E-state index in [9.17, 15) is 9.90 Å². The van der Waals surface area contributed by atoms with Gasteiger partial charge in [0, 0.05) is 18.2 Å². The molecule has 2 N–H and O–H groups in total. The van der Waals surface area contributed by atoms with Crippen LogP contribution in [0.1, 0.15) is 38.3 Å². The molecule has 1 saturated heterocycles. The molecule has 0 aliphatic carbocycles. The van der Waals surface area contributed by atoms with Crippen LogP contribution in [0, 0.1) is 5.92 Å². The second kappa shape index (κ2) is 7.95. The third-order valence-corrected chi connectivity index (χ3v) is 4.72. The van der Waals surface area contributed by atoms with Crippen molar-refractivity contribution in [2.45, 2.75) is 38.8 Å². The normalized spacial score (nSPS) is 22.1. The average Bonchev–Trinajstić information content (AvgIpc) is 2.54. The number of rotatable bonds is 5. The molecule has 0 radical (unpaired) electrons. The molecule has 0 saturated carbocycles. The maximum Gasteiger partial charge on any atom is 0.237 e. The van der Waals surface area contributed by atoms with E-state index in [2.05, 4.69) is 10.2 Å². The summed E-state index contributed by atoms with van der Waals surface area (Å²) in [6, 6.07) is 7.30. The minimum absolute atomic E-state index is 0.0287. The highest BCUT2D eigenvalue weighted by atomic mass is 35.5. The van der Waals surface area contributed by atoms with Gasteiger partial charge in [-0.15, -0.1) is 0 Å². The van der Waals surface area contributed by atoms with Gasteiger partial charge in [-0.1, -0.05) is 23.7 Å². The molecule has 22 heavy (non-hydrogen) atoms. The van der Waals surface area contributed by atoms with Crippen molar-refractivity contribution < 1.29 is 9.90 Å². The van der Waals surface area contributed by atoms with Crippen LogP contribution in [0.15, 0.2) is 24.3 Å². The third kappa shape index (κ3) is 4.45. The Labute approximate surface area is 137 Å². The van der Waals surface area contributed by atoms with Crippen LogP contribution in [0.3, 0.4) is 0 Å². The standard InChI is InChI=1S/C17H25ClN2O2/c1-12(15-5-7-16(18)8-6-15)19-17(22)13(2)20-9-3-4-14(10-20)11-21/h5-8,12-14,21H,3-4,9-11H2,1-2H3,(H,19,22). The molecule has 0 spiro atoms. The highest BCUT2D eigenvalue weighted by Crippen LogP contribution is 2.19. The van der Waals surface area contributed by atoms with E-state index in [0.29, 0.717) is 5.02 Å². The number of benzene rings is 1. The lowest BCUT2D eigenvalue weighted by molar-refractivity contribution is -0.127. The maximum absolute atomic E-state index is 12.4. The van der Waals surface area contributed by atoms with Crippen molar-refractivity contribution in [3.63, 3.8) is 0 Å². The highest BCUT2D eigenvalue weighted by molar-refractivity contribution is 6.30. The third-order valence-electron chi connectivity index (χ3n) is 4.46. The molecule has 1 aromatic rings. The lowest BCUT2D eigenvalue weighted by Gasteiger charge is -2.35. The Morgan fingerprint density at radius 1 is 1.41 bits per heavy atom. The topological polar surface area (TPSA) is 52.6 Å². The summed E-state index contributed by atoms with van der Waals surface area (Å²) in [5, 5.41) is 13.1. The lowest BCUT2D eigenvalue weighted by Crippen LogP contribution is -2.49. The Hall–Kier alpha value is -1.10. The van der Waals surface area contributed by atoms with Gasteiger partial charge in [-0.2, -0.15) is 0 Å². The van der Waals surface area contributed by atoms with Crippen molar-refractivity contribution in [3.8, 4) is 0 Å². The highest BCUT2D eigenvalue weighted by Gasteiger charge is 2.27. The molecule has 5 heteroatoms. The van der Waals surface area contributed by atoms with E-state index < -0.39 is 0 Å². The fourth-order valence-electron chi connectivity index (χ4n) is 2.93. The number of aliphatic hydroxyl groups excluding tert-OH is 1. The molecule has 1 amide bonds. The molecule has 3 unspecified atom stereocenters. The Balaban J connectivity index is 1.91. The molecule has 1 aromatic carbocycles. The minimum Gasteiger partial charge on any atom is -0.396 e. The number of hydrogen-bond acceptors (Lipinski definition) is 3. The smallest absolute Gasteiger partial charge is 0.237 e.